The molecular weight excluding hydrogens is 146 g/mol. The third-order valence-electron chi connectivity index (χ3n) is 0. The predicted octanol–water partition coefficient (Wildman–Crippen LogP) is -2.59. The van der Waals surface area contributed by atoms with E-state index in [4.69, 9.17) is 17.5 Å². The van der Waals surface area contributed by atoms with Gasteiger partial charge < -0.3 is 6.15 Å². The van der Waals surface area contributed by atoms with Crippen molar-refractivity contribution in [3.63, 3.8) is 0 Å². The SMILES string of the molecule is N.O=S(=O)(O)O.[AlH3].[BeH2]. The minimum atomic E-state index is -4.67. The van der Waals surface area contributed by atoms with Gasteiger partial charge in [0.2, 0.25) is 0 Å². The fraction of sp³-hybridized carbons (Fsp3) is 0. The Morgan fingerprint density at radius 1 is 1.12 bits per heavy atom. The molecule has 0 saturated heterocycles. The van der Waals surface area contributed by atoms with Crippen molar-refractivity contribution < 1.29 is 17.5 Å². The summed E-state index contributed by atoms with van der Waals surface area (Å²) in [7, 11) is -4.67. The van der Waals surface area contributed by atoms with Crippen molar-refractivity contribution in [2.45, 2.75) is 0 Å². The van der Waals surface area contributed by atoms with Crippen molar-refractivity contribution in [2.24, 2.45) is 0 Å². The first-order valence-corrected chi connectivity index (χ1v) is 2.10. The van der Waals surface area contributed by atoms with Crippen molar-refractivity contribution >= 4 is 37.9 Å². The van der Waals surface area contributed by atoms with E-state index in [-0.39, 0.29) is 33.6 Å². The van der Waals surface area contributed by atoms with E-state index in [1.807, 2.05) is 0 Å². The molecule has 0 aliphatic heterocycles. The van der Waals surface area contributed by atoms with Gasteiger partial charge in [-0.1, -0.05) is 0 Å². The van der Waals surface area contributed by atoms with Crippen LogP contribution in [0.3, 0.4) is 0 Å². The molecule has 8 heteroatoms. The van der Waals surface area contributed by atoms with Crippen molar-refractivity contribution in [3.8, 4) is 0 Å². The Hall–Kier alpha value is 0.531. The van der Waals surface area contributed by atoms with E-state index in [9.17, 15) is 0 Å². The third kappa shape index (κ3) is 708. The first-order chi connectivity index (χ1) is 2.00. The molecular formula is H10AlBeNO4S. The standard InChI is InChI=1S/Al.Be.H3N.H2O4S.5H/c;;;1-5(2,3)4;;;;;/h;;1H3;(H2,1,2,3,4);;;;;. The van der Waals surface area contributed by atoms with E-state index < -0.39 is 10.4 Å². The van der Waals surface area contributed by atoms with Crippen LogP contribution in [0.15, 0.2) is 0 Å². The fourth-order valence-electron chi connectivity index (χ4n) is 0. The molecule has 0 aromatic heterocycles. The summed E-state index contributed by atoms with van der Waals surface area (Å²) < 4.78 is 31.6. The molecule has 0 bridgehead atoms. The average molecular weight is 156 g/mol. The maximum absolute atomic E-state index is 8.74. The molecule has 0 saturated carbocycles. The second-order valence-corrected chi connectivity index (χ2v) is 1.34. The van der Waals surface area contributed by atoms with Crippen molar-refractivity contribution in [2.75, 3.05) is 0 Å². The van der Waals surface area contributed by atoms with Gasteiger partial charge in [-0.15, -0.1) is 0 Å². The van der Waals surface area contributed by atoms with Gasteiger partial charge in [-0.3, -0.25) is 9.11 Å². The average Bonchev–Trinajstić information content (AvgIpc) is 0.722. The molecule has 0 aliphatic rings. The van der Waals surface area contributed by atoms with Crippen LogP contribution in [0.2, 0.25) is 0 Å². The Bertz CT molecular complexity index is 99.2. The molecule has 5 nitrogen and oxygen atoms in total. The second-order valence-electron chi connectivity index (χ2n) is 0.448. The van der Waals surface area contributed by atoms with E-state index >= 15 is 0 Å². The van der Waals surface area contributed by atoms with Crippen LogP contribution < -0.4 is 6.15 Å². The molecule has 50 valence electrons. The summed E-state index contributed by atoms with van der Waals surface area (Å²) in [4.78, 5) is 0. The number of rotatable bonds is 0. The molecule has 0 atom stereocenters. The normalized spacial score (nSPS) is 7.25. The summed E-state index contributed by atoms with van der Waals surface area (Å²) in [5, 5.41) is 0. The van der Waals surface area contributed by atoms with Crippen LogP contribution in [0, 0.1) is 0 Å². The van der Waals surface area contributed by atoms with Crippen LogP contribution in [0.1, 0.15) is 0 Å². The molecule has 0 rings (SSSR count). The van der Waals surface area contributed by atoms with Crippen molar-refractivity contribution in [1.29, 1.82) is 0 Å². The number of hydrogen-bond acceptors (Lipinski definition) is 3. The minimum absolute atomic E-state index is 0. The van der Waals surface area contributed by atoms with Gasteiger partial charge in [-0.2, -0.15) is 8.42 Å². The van der Waals surface area contributed by atoms with Gasteiger partial charge in [0.05, 0.1) is 0 Å². The molecule has 8 heavy (non-hydrogen) atoms. The van der Waals surface area contributed by atoms with Gasteiger partial charge in [-0.05, 0) is 0 Å². The molecule has 0 aromatic carbocycles. The van der Waals surface area contributed by atoms with Crippen LogP contribution in [-0.4, -0.2) is 45.0 Å². The van der Waals surface area contributed by atoms with Crippen LogP contribution in [0.4, 0.5) is 0 Å². The molecule has 0 aromatic rings. The van der Waals surface area contributed by atoms with Crippen LogP contribution in [0.25, 0.3) is 0 Å². The maximum atomic E-state index is 8.74. The zero-order valence-electron chi connectivity index (χ0n) is 2.83. The van der Waals surface area contributed by atoms with Gasteiger partial charge >= 0.3 is 20.5 Å². The quantitative estimate of drug-likeness (QED) is 0.263. The molecule has 0 aliphatic carbocycles. The Kier molecular flexibility index (Phi) is 22.2. The first kappa shape index (κ1) is 23.6. The Morgan fingerprint density at radius 3 is 1.12 bits per heavy atom. The second kappa shape index (κ2) is 7.53. The van der Waals surface area contributed by atoms with Gasteiger partial charge in [0, 0.05) is 0 Å². The molecule has 0 unspecified atom stereocenters. The first-order valence-electron chi connectivity index (χ1n) is 0.698. The Labute approximate surface area is 62.0 Å². The zero-order valence-corrected chi connectivity index (χ0v) is 3.64. The van der Waals surface area contributed by atoms with E-state index in [2.05, 4.69) is 0 Å². The van der Waals surface area contributed by atoms with Gasteiger partial charge in [-0.25, -0.2) is 0 Å². The van der Waals surface area contributed by atoms with Crippen LogP contribution in [-0.2, 0) is 10.4 Å². The van der Waals surface area contributed by atoms with E-state index in [1.54, 1.807) is 0 Å². The van der Waals surface area contributed by atoms with Crippen molar-refractivity contribution in [3.05, 3.63) is 0 Å². The molecule has 0 amide bonds. The van der Waals surface area contributed by atoms with Gasteiger partial charge in [0.15, 0.2) is 17.4 Å². The monoisotopic (exact) mass is 156 g/mol. The topological polar surface area (TPSA) is 110 Å². The van der Waals surface area contributed by atoms with E-state index in [0.717, 1.165) is 0 Å². The van der Waals surface area contributed by atoms with Crippen molar-refractivity contribution in [1.82, 2.24) is 6.15 Å². The van der Waals surface area contributed by atoms with Gasteiger partial charge in [0.1, 0.15) is 0 Å². The van der Waals surface area contributed by atoms with Gasteiger partial charge in [0.25, 0.3) is 0 Å². The molecule has 0 spiro atoms. The van der Waals surface area contributed by atoms with Crippen LogP contribution >= 0.6 is 0 Å². The van der Waals surface area contributed by atoms with E-state index in [0.29, 0.717) is 0 Å². The Balaban J connectivity index is -0.0000000267. The summed E-state index contributed by atoms with van der Waals surface area (Å²) in [5.41, 5.74) is 0. The summed E-state index contributed by atoms with van der Waals surface area (Å²) in [6.07, 6.45) is 0. The van der Waals surface area contributed by atoms with E-state index in [1.165, 1.54) is 0 Å². The Morgan fingerprint density at radius 2 is 1.12 bits per heavy atom. The predicted molar refractivity (Wildman–Crippen MR) is 37.7 cm³/mol. The molecule has 0 heterocycles. The van der Waals surface area contributed by atoms with Crippen LogP contribution in [0.5, 0.6) is 0 Å². The summed E-state index contributed by atoms with van der Waals surface area (Å²) in [6, 6.07) is 0. The molecule has 0 fully saturated rings. The summed E-state index contributed by atoms with van der Waals surface area (Å²) in [6.45, 7) is 0. The third-order valence-corrected chi connectivity index (χ3v) is 0. The molecule has 5 N–H and O–H groups in total. The zero-order chi connectivity index (χ0) is 4.50. The fourth-order valence-corrected chi connectivity index (χ4v) is 0. The summed E-state index contributed by atoms with van der Waals surface area (Å²) in [5.74, 6) is 0. The summed E-state index contributed by atoms with van der Waals surface area (Å²) >= 11 is 0. The molecule has 0 radical (unpaired) electrons. The number of hydrogen-bond donors (Lipinski definition) is 3.